The molecule has 0 radical (unpaired) electrons. The molecule has 0 aromatic heterocycles. The van der Waals surface area contributed by atoms with Crippen LogP contribution in [0.3, 0.4) is 0 Å². The molecule has 1 heterocycles. The minimum atomic E-state index is -3.52. The molecular weight excluding hydrogens is 362 g/mol. The number of carbonyl (C=O) groups excluding carboxylic acids is 1. The number of sulfonamides is 1. The molecule has 0 spiro atoms. The fraction of sp³-hybridized carbons (Fsp3) is 0.350. The van der Waals surface area contributed by atoms with Crippen molar-refractivity contribution in [2.24, 2.45) is 0 Å². The number of carbonyl (C=O) groups is 1. The Balaban J connectivity index is 1.75. The molecule has 1 aliphatic heterocycles. The normalized spacial score (nSPS) is 16.2. The number of anilines is 1. The molecule has 0 saturated carbocycles. The lowest BCUT2D eigenvalue weighted by atomic mass is 10.1. The molecule has 0 atom stereocenters. The molecule has 1 aliphatic rings. The van der Waals surface area contributed by atoms with Crippen LogP contribution in [0.4, 0.5) is 5.69 Å². The smallest absolute Gasteiger partial charge is 0.255 e. The number of likely N-dealkylation sites (N-methyl/N-ethyl adjacent to an activating group) is 1. The van der Waals surface area contributed by atoms with Gasteiger partial charge < -0.3 is 10.2 Å². The zero-order chi connectivity index (χ0) is 19.4. The summed E-state index contributed by atoms with van der Waals surface area (Å²) in [6, 6.07) is 13.8. The predicted molar refractivity (Wildman–Crippen MR) is 106 cm³/mol. The van der Waals surface area contributed by atoms with Gasteiger partial charge in [0.2, 0.25) is 10.0 Å². The largest absolute Gasteiger partial charge is 0.322 e. The summed E-state index contributed by atoms with van der Waals surface area (Å²) in [7, 11) is -3.52. The Bertz CT molecular complexity index is 905. The summed E-state index contributed by atoms with van der Waals surface area (Å²) < 4.78 is 27.4. The van der Waals surface area contributed by atoms with Gasteiger partial charge in [-0.15, -0.1) is 0 Å². The van der Waals surface area contributed by atoms with E-state index in [1.54, 1.807) is 49.4 Å². The minimum Gasteiger partial charge on any atom is -0.322 e. The fourth-order valence-corrected chi connectivity index (χ4v) is 4.66. The number of hydrogen-bond donors (Lipinski definition) is 1. The first-order valence-electron chi connectivity index (χ1n) is 9.11. The Hall–Kier alpha value is -2.22. The van der Waals surface area contributed by atoms with Crippen LogP contribution in [-0.4, -0.2) is 56.3 Å². The molecule has 2 aromatic rings. The van der Waals surface area contributed by atoms with E-state index in [4.69, 9.17) is 0 Å². The molecule has 3 rings (SSSR count). The van der Waals surface area contributed by atoms with Crippen molar-refractivity contribution in [3.8, 4) is 0 Å². The van der Waals surface area contributed by atoms with Gasteiger partial charge in [-0.05, 0) is 49.4 Å². The van der Waals surface area contributed by atoms with Gasteiger partial charge in [-0.2, -0.15) is 4.31 Å². The van der Waals surface area contributed by atoms with E-state index in [1.807, 2.05) is 6.07 Å². The van der Waals surface area contributed by atoms with Crippen molar-refractivity contribution in [1.29, 1.82) is 0 Å². The second-order valence-corrected chi connectivity index (χ2v) is 8.57. The first-order chi connectivity index (χ1) is 12.9. The third kappa shape index (κ3) is 4.37. The Kier molecular flexibility index (Phi) is 5.94. The van der Waals surface area contributed by atoms with Crippen LogP contribution < -0.4 is 5.32 Å². The fourth-order valence-electron chi connectivity index (χ4n) is 3.16. The van der Waals surface area contributed by atoms with Gasteiger partial charge in [0.05, 0.1) is 4.90 Å². The molecule has 0 bridgehead atoms. The highest BCUT2D eigenvalue weighted by Crippen LogP contribution is 2.23. The zero-order valence-corrected chi connectivity index (χ0v) is 16.5. The summed E-state index contributed by atoms with van der Waals surface area (Å²) in [5, 5.41) is 2.84. The third-order valence-corrected chi connectivity index (χ3v) is 6.79. The summed E-state index contributed by atoms with van der Waals surface area (Å²) >= 11 is 0. The minimum absolute atomic E-state index is 0.218. The van der Waals surface area contributed by atoms with Gasteiger partial charge in [-0.25, -0.2) is 8.42 Å². The van der Waals surface area contributed by atoms with Gasteiger partial charge in [0.15, 0.2) is 0 Å². The molecular formula is C20H25N3O3S. The lowest BCUT2D eigenvalue weighted by Crippen LogP contribution is -2.48. The second kappa shape index (κ2) is 8.21. The molecule has 1 amide bonds. The van der Waals surface area contributed by atoms with Gasteiger partial charge >= 0.3 is 0 Å². The monoisotopic (exact) mass is 387 g/mol. The van der Waals surface area contributed by atoms with Crippen molar-refractivity contribution in [1.82, 2.24) is 9.21 Å². The van der Waals surface area contributed by atoms with E-state index in [2.05, 4.69) is 17.1 Å². The molecule has 6 nitrogen and oxygen atoms in total. The van der Waals surface area contributed by atoms with Gasteiger partial charge in [-0.1, -0.05) is 25.1 Å². The van der Waals surface area contributed by atoms with E-state index in [0.717, 1.165) is 19.6 Å². The molecule has 1 saturated heterocycles. The quantitative estimate of drug-likeness (QED) is 0.856. The molecule has 27 heavy (non-hydrogen) atoms. The highest BCUT2D eigenvalue weighted by atomic mass is 32.2. The highest BCUT2D eigenvalue weighted by molar-refractivity contribution is 7.89. The number of amides is 1. The van der Waals surface area contributed by atoms with Crippen molar-refractivity contribution in [3.63, 3.8) is 0 Å². The standard InChI is InChI=1S/C20H25N3O3S/c1-3-22-11-13-23(14-12-22)27(25,26)18-9-10-19(16(2)15-18)21-20(24)17-7-5-4-6-8-17/h4-10,15H,3,11-14H2,1-2H3,(H,21,24). The number of nitrogens with one attached hydrogen (secondary N) is 1. The van der Waals surface area contributed by atoms with Crippen LogP contribution in [0.1, 0.15) is 22.8 Å². The summed E-state index contributed by atoms with van der Waals surface area (Å²) in [5.74, 6) is -0.218. The Morgan fingerprint density at radius 2 is 1.70 bits per heavy atom. The topological polar surface area (TPSA) is 69.7 Å². The van der Waals surface area contributed by atoms with Gasteiger partial charge in [-0.3, -0.25) is 4.79 Å². The number of hydrogen-bond acceptors (Lipinski definition) is 4. The average Bonchev–Trinajstić information content (AvgIpc) is 2.70. The van der Waals surface area contributed by atoms with E-state index in [1.165, 1.54) is 4.31 Å². The van der Waals surface area contributed by atoms with E-state index in [9.17, 15) is 13.2 Å². The number of rotatable bonds is 5. The number of aryl methyl sites for hydroxylation is 1. The number of piperazine rings is 1. The molecule has 2 aromatic carbocycles. The van der Waals surface area contributed by atoms with Crippen molar-refractivity contribution in [2.75, 3.05) is 38.0 Å². The van der Waals surface area contributed by atoms with Crippen LogP contribution in [0.5, 0.6) is 0 Å². The lowest BCUT2D eigenvalue weighted by Gasteiger charge is -2.33. The van der Waals surface area contributed by atoms with Crippen molar-refractivity contribution < 1.29 is 13.2 Å². The molecule has 0 aliphatic carbocycles. The van der Waals surface area contributed by atoms with Crippen molar-refractivity contribution in [3.05, 3.63) is 59.7 Å². The van der Waals surface area contributed by atoms with Crippen LogP contribution in [0.2, 0.25) is 0 Å². The predicted octanol–water partition coefficient (Wildman–Crippen LogP) is 2.57. The molecule has 144 valence electrons. The van der Waals surface area contributed by atoms with Crippen LogP contribution >= 0.6 is 0 Å². The van der Waals surface area contributed by atoms with Gasteiger partial charge in [0.25, 0.3) is 5.91 Å². The molecule has 1 N–H and O–H groups in total. The van der Waals surface area contributed by atoms with Crippen LogP contribution in [0.15, 0.2) is 53.4 Å². The molecule has 7 heteroatoms. The summed E-state index contributed by atoms with van der Waals surface area (Å²) in [4.78, 5) is 14.8. The molecule has 1 fully saturated rings. The van der Waals surface area contributed by atoms with Crippen molar-refractivity contribution >= 4 is 21.6 Å². The van der Waals surface area contributed by atoms with E-state index < -0.39 is 10.0 Å². The Labute approximate surface area is 160 Å². The lowest BCUT2D eigenvalue weighted by molar-refractivity contribution is 0.102. The highest BCUT2D eigenvalue weighted by Gasteiger charge is 2.28. The van der Waals surface area contributed by atoms with Crippen molar-refractivity contribution in [2.45, 2.75) is 18.7 Å². The first-order valence-corrected chi connectivity index (χ1v) is 10.6. The summed E-state index contributed by atoms with van der Waals surface area (Å²) in [5.41, 5.74) is 1.88. The Morgan fingerprint density at radius 3 is 2.30 bits per heavy atom. The average molecular weight is 388 g/mol. The first kappa shape index (κ1) is 19.5. The number of benzene rings is 2. The van der Waals surface area contributed by atoms with Gasteiger partial charge in [0.1, 0.15) is 0 Å². The third-order valence-electron chi connectivity index (χ3n) is 4.90. The zero-order valence-electron chi connectivity index (χ0n) is 15.7. The van der Waals surface area contributed by atoms with E-state index in [-0.39, 0.29) is 10.8 Å². The SMILES string of the molecule is CCN1CCN(S(=O)(=O)c2ccc(NC(=O)c3ccccc3)c(C)c2)CC1. The van der Waals surface area contributed by atoms with Crippen LogP contribution in [0.25, 0.3) is 0 Å². The second-order valence-electron chi connectivity index (χ2n) is 6.64. The maximum absolute atomic E-state index is 12.9. The van der Waals surface area contributed by atoms with E-state index in [0.29, 0.717) is 29.9 Å². The maximum Gasteiger partial charge on any atom is 0.255 e. The van der Waals surface area contributed by atoms with Crippen LogP contribution in [0, 0.1) is 6.92 Å². The molecule has 0 unspecified atom stereocenters. The van der Waals surface area contributed by atoms with Crippen LogP contribution in [-0.2, 0) is 10.0 Å². The van der Waals surface area contributed by atoms with E-state index >= 15 is 0 Å². The maximum atomic E-state index is 12.9. The number of nitrogens with zero attached hydrogens (tertiary/aromatic N) is 2. The van der Waals surface area contributed by atoms with Gasteiger partial charge in [0, 0.05) is 37.4 Å². The summed E-state index contributed by atoms with van der Waals surface area (Å²) in [6.07, 6.45) is 0. The Morgan fingerprint density at radius 1 is 1.04 bits per heavy atom. The summed E-state index contributed by atoms with van der Waals surface area (Å²) in [6.45, 7) is 7.32.